The van der Waals surface area contributed by atoms with Gasteiger partial charge in [-0.05, 0) is 19.1 Å². The molecule has 0 unspecified atom stereocenters. The van der Waals surface area contributed by atoms with Gasteiger partial charge in [0, 0.05) is 54.2 Å². The van der Waals surface area contributed by atoms with Gasteiger partial charge in [0.15, 0.2) is 0 Å². The van der Waals surface area contributed by atoms with Gasteiger partial charge in [0.1, 0.15) is 0 Å². The van der Waals surface area contributed by atoms with Gasteiger partial charge in [0.25, 0.3) is 0 Å². The summed E-state index contributed by atoms with van der Waals surface area (Å²) in [6.07, 6.45) is 0. The predicted molar refractivity (Wildman–Crippen MR) is 73.5 cm³/mol. The second-order valence-electron chi connectivity index (χ2n) is 4.17. The van der Waals surface area contributed by atoms with Gasteiger partial charge in [0.05, 0.1) is 0 Å². The first-order valence-electron chi connectivity index (χ1n) is 5.54. The molecule has 1 aromatic rings. The fourth-order valence-electron chi connectivity index (χ4n) is 1.95. The monoisotopic (exact) mass is 449 g/mol. The van der Waals surface area contributed by atoms with E-state index in [9.17, 15) is 0 Å². The van der Waals surface area contributed by atoms with Crippen molar-refractivity contribution < 1.29 is 22.4 Å². The second kappa shape index (κ2) is 7.12. The van der Waals surface area contributed by atoms with E-state index in [0.717, 1.165) is 26.2 Å². The Balaban J connectivity index is 0.00000144. The van der Waals surface area contributed by atoms with Crippen LogP contribution >= 0.6 is 0 Å². The Morgan fingerprint density at radius 3 is 2.00 bits per heavy atom. The molecule has 0 saturated carbocycles. The Kier molecular flexibility index (Phi) is 6.48. The SMILES string of the molecule is Cc1ccc(N2CCN(C([S-])[S-])CC2)cc1.[Au]. The van der Waals surface area contributed by atoms with Gasteiger partial charge in [-0.25, -0.2) is 4.71 Å². The molecule has 0 N–H and O–H groups in total. The van der Waals surface area contributed by atoms with Crippen molar-refractivity contribution in [2.45, 2.75) is 11.6 Å². The maximum absolute atomic E-state index is 5.09. The Morgan fingerprint density at radius 2 is 1.53 bits per heavy atom. The molecule has 0 aliphatic carbocycles. The van der Waals surface area contributed by atoms with Crippen molar-refractivity contribution in [1.82, 2.24) is 4.90 Å². The number of nitrogens with zero attached hydrogens (tertiary/aromatic N) is 2. The van der Waals surface area contributed by atoms with Crippen LogP contribution in [-0.2, 0) is 47.6 Å². The van der Waals surface area contributed by atoms with E-state index < -0.39 is 0 Å². The maximum atomic E-state index is 5.09. The first-order valence-corrected chi connectivity index (χ1v) is 6.48. The molecule has 0 aromatic heterocycles. The Morgan fingerprint density at radius 1 is 1.00 bits per heavy atom. The van der Waals surface area contributed by atoms with Gasteiger partial charge >= 0.3 is 0 Å². The quantitative estimate of drug-likeness (QED) is 0.499. The largest absolute Gasteiger partial charge is 0.800 e. The zero-order chi connectivity index (χ0) is 11.5. The van der Waals surface area contributed by atoms with Crippen LogP contribution < -0.4 is 4.90 Å². The molecule has 1 saturated heterocycles. The van der Waals surface area contributed by atoms with Crippen molar-refractivity contribution in [2.24, 2.45) is 0 Å². The molecule has 1 aliphatic rings. The van der Waals surface area contributed by atoms with Crippen LogP contribution in [0.5, 0.6) is 0 Å². The minimum absolute atomic E-state index is 0. The fourth-order valence-corrected chi connectivity index (χ4v) is 2.37. The van der Waals surface area contributed by atoms with E-state index in [1.165, 1.54) is 11.3 Å². The Hall–Kier alpha value is 0.420. The number of piperazine rings is 1. The van der Waals surface area contributed by atoms with Crippen LogP contribution in [0.25, 0.3) is 0 Å². The van der Waals surface area contributed by atoms with Crippen LogP contribution in [0.1, 0.15) is 5.56 Å². The van der Waals surface area contributed by atoms with Crippen molar-refractivity contribution in [1.29, 1.82) is 0 Å². The van der Waals surface area contributed by atoms with Crippen LogP contribution in [-0.4, -0.2) is 35.8 Å². The summed E-state index contributed by atoms with van der Waals surface area (Å²) >= 11 is 10.2. The van der Waals surface area contributed by atoms with Crippen molar-refractivity contribution in [3.05, 3.63) is 29.8 Å². The molecule has 1 heterocycles. The van der Waals surface area contributed by atoms with Crippen LogP contribution in [0, 0.1) is 6.92 Å². The number of anilines is 1. The van der Waals surface area contributed by atoms with Crippen molar-refractivity contribution in [3.8, 4) is 0 Å². The van der Waals surface area contributed by atoms with Gasteiger partial charge in [-0.2, -0.15) is 0 Å². The average molecular weight is 449 g/mol. The number of rotatable bonds is 2. The molecule has 0 amide bonds. The summed E-state index contributed by atoms with van der Waals surface area (Å²) in [4.78, 5) is 4.57. The van der Waals surface area contributed by atoms with Gasteiger partial charge in [-0.15, -0.1) is 0 Å². The zero-order valence-corrected chi connectivity index (χ0v) is 13.5. The smallest absolute Gasteiger partial charge is 0.0367 e. The van der Waals surface area contributed by atoms with Crippen molar-refractivity contribution in [3.63, 3.8) is 0 Å². The van der Waals surface area contributed by atoms with Gasteiger partial charge in [-0.3, -0.25) is 0 Å². The molecule has 5 heteroatoms. The van der Waals surface area contributed by atoms with Crippen molar-refractivity contribution >= 4 is 30.9 Å². The minimum atomic E-state index is -0.153. The van der Waals surface area contributed by atoms with Gasteiger partial charge in [0.2, 0.25) is 0 Å². The summed E-state index contributed by atoms with van der Waals surface area (Å²) in [7, 11) is 0. The Bertz CT molecular complexity index is 335. The van der Waals surface area contributed by atoms with Gasteiger partial charge in [-0.1, -0.05) is 17.7 Å². The molecule has 2 rings (SSSR count). The normalized spacial score (nSPS) is 17.1. The average Bonchev–Trinajstić information content (AvgIpc) is 2.30. The Labute approximate surface area is 130 Å². The predicted octanol–water partition coefficient (Wildman–Crippen LogP) is 1.49. The number of benzene rings is 1. The van der Waals surface area contributed by atoms with Crippen LogP contribution in [0.3, 0.4) is 0 Å². The minimum Gasteiger partial charge on any atom is -0.800 e. The third-order valence-electron chi connectivity index (χ3n) is 3.01. The van der Waals surface area contributed by atoms with Crippen molar-refractivity contribution in [2.75, 3.05) is 31.1 Å². The molecule has 1 radical (unpaired) electrons. The fraction of sp³-hybridized carbons (Fsp3) is 0.500. The topological polar surface area (TPSA) is 6.48 Å². The first-order chi connectivity index (χ1) is 7.66. The first kappa shape index (κ1) is 15.5. The molecule has 1 fully saturated rings. The molecule has 0 atom stereocenters. The zero-order valence-electron chi connectivity index (χ0n) is 9.73. The van der Waals surface area contributed by atoms with Crippen LogP contribution in [0.2, 0.25) is 0 Å². The molecule has 17 heavy (non-hydrogen) atoms. The standard InChI is InChI=1S/C12H18N2S2.Au/c1-10-2-4-11(5-3-10)13-6-8-14(9-7-13)12(15)16;/h2-5,12,15-16H,6-9H2,1H3;/p-2. The van der Waals surface area contributed by atoms with E-state index in [0.29, 0.717) is 0 Å². The summed E-state index contributed by atoms with van der Waals surface area (Å²) in [6.45, 7) is 6.11. The number of hydrogen-bond acceptors (Lipinski definition) is 4. The van der Waals surface area contributed by atoms with E-state index in [1.54, 1.807) is 0 Å². The molecule has 0 bridgehead atoms. The molecule has 99 valence electrons. The second-order valence-corrected chi connectivity index (χ2v) is 5.36. The van der Waals surface area contributed by atoms with E-state index >= 15 is 0 Å². The number of hydrogen-bond donors (Lipinski definition) is 0. The summed E-state index contributed by atoms with van der Waals surface area (Å²) < 4.78 is -0.153. The molecule has 2 nitrogen and oxygen atoms in total. The van der Waals surface area contributed by atoms with E-state index in [4.69, 9.17) is 25.3 Å². The maximum Gasteiger partial charge on any atom is 0.0367 e. The van der Waals surface area contributed by atoms with Gasteiger partial charge < -0.3 is 35.1 Å². The van der Waals surface area contributed by atoms with Crippen LogP contribution in [0.15, 0.2) is 24.3 Å². The number of aryl methyl sites for hydroxylation is 1. The molecule has 1 aliphatic heterocycles. The summed E-state index contributed by atoms with van der Waals surface area (Å²) in [6, 6.07) is 8.68. The van der Waals surface area contributed by atoms with E-state index in [1.807, 2.05) is 0 Å². The molecule has 0 spiro atoms. The summed E-state index contributed by atoms with van der Waals surface area (Å²) in [5.41, 5.74) is 2.61. The summed E-state index contributed by atoms with van der Waals surface area (Å²) in [5, 5.41) is 0. The van der Waals surface area contributed by atoms with E-state index in [2.05, 4.69) is 41.0 Å². The van der Waals surface area contributed by atoms with Crippen LogP contribution in [0.4, 0.5) is 5.69 Å². The molecule has 1 aromatic carbocycles. The molecular formula is C12H16AuN2S2-2. The third kappa shape index (κ3) is 4.23. The third-order valence-corrected chi connectivity index (χ3v) is 3.61. The summed E-state index contributed by atoms with van der Waals surface area (Å²) in [5.74, 6) is 0. The van der Waals surface area contributed by atoms with E-state index in [-0.39, 0.29) is 27.1 Å². The molecular weight excluding hydrogens is 433 g/mol.